The van der Waals surface area contributed by atoms with Crippen LogP contribution in [0.1, 0.15) is 22.4 Å². The molecule has 2 amide bonds. The molecule has 1 saturated heterocycles. The molecule has 1 aliphatic rings. The number of carbonyl (C=O) groups is 2. The van der Waals surface area contributed by atoms with Gasteiger partial charge in [0.15, 0.2) is 0 Å². The lowest BCUT2D eigenvalue weighted by Crippen LogP contribution is -2.41. The molecular weight excluding hydrogens is 572 g/mol. The number of hydrogen-bond acceptors (Lipinski definition) is 7. The Hall–Kier alpha value is -3.95. The van der Waals surface area contributed by atoms with Crippen LogP contribution in [0.25, 0.3) is 10.8 Å². The number of nitriles is 1. The van der Waals surface area contributed by atoms with Gasteiger partial charge >= 0.3 is 6.09 Å². The number of anilines is 1. The molecule has 1 atom stereocenters. The maximum atomic E-state index is 13.1. The number of nitrogens with zero attached hydrogens (tertiary/aromatic N) is 2. The van der Waals surface area contributed by atoms with E-state index in [-0.39, 0.29) is 22.4 Å². The summed E-state index contributed by atoms with van der Waals surface area (Å²) < 4.78 is 34.1. The van der Waals surface area contributed by atoms with Crippen LogP contribution in [0.2, 0.25) is 5.02 Å². The molecular formula is C28H23ClN4O5S2. The molecule has 5 rings (SSSR count). The van der Waals surface area contributed by atoms with Crippen molar-refractivity contribution < 1.29 is 22.7 Å². The van der Waals surface area contributed by atoms with Crippen molar-refractivity contribution in [3.63, 3.8) is 0 Å². The monoisotopic (exact) mass is 594 g/mol. The maximum Gasteiger partial charge on any atom is 0.412 e. The zero-order valence-corrected chi connectivity index (χ0v) is 23.4. The highest BCUT2D eigenvalue weighted by Crippen LogP contribution is 2.33. The molecule has 0 radical (unpaired) electrons. The van der Waals surface area contributed by atoms with Gasteiger partial charge in [0.2, 0.25) is 15.9 Å². The summed E-state index contributed by atoms with van der Waals surface area (Å²) in [6, 6.07) is 19.8. The first-order chi connectivity index (χ1) is 19.2. The number of likely N-dealkylation sites (tertiary alicyclic amines) is 1. The summed E-state index contributed by atoms with van der Waals surface area (Å²) in [5.41, 5.74) is 2.00. The van der Waals surface area contributed by atoms with Crippen LogP contribution in [-0.4, -0.2) is 37.9 Å². The Bertz CT molecular complexity index is 1730. The van der Waals surface area contributed by atoms with E-state index >= 15 is 0 Å². The van der Waals surface area contributed by atoms with Crippen LogP contribution in [0.15, 0.2) is 77.0 Å². The van der Waals surface area contributed by atoms with Crippen molar-refractivity contribution in [1.82, 2.24) is 9.62 Å². The summed E-state index contributed by atoms with van der Waals surface area (Å²) in [6.07, 6.45) is -0.337. The Labute approximate surface area is 240 Å². The van der Waals surface area contributed by atoms with Gasteiger partial charge in [0.05, 0.1) is 15.6 Å². The summed E-state index contributed by atoms with van der Waals surface area (Å²) in [4.78, 5) is 27.3. The Morgan fingerprint density at radius 1 is 1.12 bits per heavy atom. The van der Waals surface area contributed by atoms with Crippen molar-refractivity contribution in [2.45, 2.75) is 30.5 Å². The van der Waals surface area contributed by atoms with Gasteiger partial charge in [-0.15, -0.1) is 11.3 Å². The second-order valence-corrected chi connectivity index (χ2v) is 12.2. The van der Waals surface area contributed by atoms with E-state index in [0.29, 0.717) is 40.8 Å². The first-order valence-electron chi connectivity index (χ1n) is 12.2. The molecule has 2 heterocycles. The van der Waals surface area contributed by atoms with Gasteiger partial charge in [0, 0.05) is 18.5 Å². The summed E-state index contributed by atoms with van der Waals surface area (Å²) in [5, 5.41) is 14.8. The first-order valence-corrected chi connectivity index (χ1v) is 15.0. The van der Waals surface area contributed by atoms with Gasteiger partial charge in [0.1, 0.15) is 23.6 Å². The average Bonchev–Trinajstić information content (AvgIpc) is 3.55. The fourth-order valence-corrected chi connectivity index (χ4v) is 6.63. The summed E-state index contributed by atoms with van der Waals surface area (Å²) in [6.45, 7) is 0.823. The number of nitrogens with one attached hydrogen (secondary N) is 2. The lowest BCUT2D eigenvalue weighted by atomic mass is 10.1. The largest absolute Gasteiger partial charge is 0.444 e. The molecule has 1 aliphatic heterocycles. The summed E-state index contributed by atoms with van der Waals surface area (Å²) in [5.74, 6) is -0.313. The van der Waals surface area contributed by atoms with Gasteiger partial charge < -0.3 is 9.64 Å². The molecule has 0 saturated carbocycles. The van der Waals surface area contributed by atoms with E-state index in [0.717, 1.165) is 11.1 Å². The molecule has 0 unspecified atom stereocenters. The van der Waals surface area contributed by atoms with Crippen molar-refractivity contribution in [3.05, 3.63) is 93.1 Å². The predicted molar refractivity (Wildman–Crippen MR) is 152 cm³/mol. The Morgan fingerprint density at radius 2 is 1.93 bits per heavy atom. The van der Waals surface area contributed by atoms with Gasteiger partial charge in [-0.05, 0) is 52.6 Å². The standard InChI is InChI=1S/C28H23ClN4O5S2/c29-26-23-8-7-22(13-20(23)6-9-24(26)31-28(35)38-16-18-4-2-1-3-5-18)40(36,37)32-25-10-11-33(27(25)34)15-19-12-21(14-30)39-17-19/h1-9,12-13,17,25,32H,10-11,15-16H2,(H,31,35)/t25-/m0/s1. The van der Waals surface area contributed by atoms with E-state index in [1.165, 1.54) is 23.5 Å². The van der Waals surface area contributed by atoms with Crippen LogP contribution in [-0.2, 0) is 32.7 Å². The summed E-state index contributed by atoms with van der Waals surface area (Å²) >= 11 is 7.82. The number of fused-ring (bicyclic) bond motifs is 1. The van der Waals surface area contributed by atoms with E-state index in [9.17, 15) is 18.0 Å². The maximum absolute atomic E-state index is 13.1. The molecule has 3 aromatic carbocycles. The second-order valence-electron chi connectivity index (χ2n) is 9.15. The predicted octanol–water partition coefficient (Wildman–Crippen LogP) is 5.25. The van der Waals surface area contributed by atoms with Gasteiger partial charge in [-0.2, -0.15) is 9.98 Å². The van der Waals surface area contributed by atoms with Gasteiger partial charge in [-0.25, -0.2) is 13.2 Å². The lowest BCUT2D eigenvalue weighted by Gasteiger charge is -2.17. The third-order valence-corrected chi connectivity index (χ3v) is 9.18. The molecule has 9 nitrogen and oxygen atoms in total. The third-order valence-electron chi connectivity index (χ3n) is 6.42. The van der Waals surface area contributed by atoms with Crippen LogP contribution in [0, 0.1) is 11.3 Å². The molecule has 2 N–H and O–H groups in total. The Kier molecular flexibility index (Phi) is 8.04. The highest BCUT2D eigenvalue weighted by molar-refractivity contribution is 7.89. The Morgan fingerprint density at radius 3 is 2.67 bits per heavy atom. The minimum absolute atomic E-state index is 0.0122. The van der Waals surface area contributed by atoms with E-state index < -0.39 is 22.2 Å². The van der Waals surface area contributed by atoms with Gasteiger partial charge in [-0.3, -0.25) is 10.1 Å². The van der Waals surface area contributed by atoms with Crippen molar-refractivity contribution in [2.24, 2.45) is 0 Å². The van der Waals surface area contributed by atoms with Crippen LogP contribution >= 0.6 is 22.9 Å². The number of hydrogen-bond donors (Lipinski definition) is 2. The van der Waals surface area contributed by atoms with Gasteiger partial charge in [-0.1, -0.05) is 54.1 Å². The number of carbonyl (C=O) groups excluding carboxylic acids is 2. The molecule has 40 heavy (non-hydrogen) atoms. The second kappa shape index (κ2) is 11.7. The third kappa shape index (κ3) is 6.11. The molecule has 0 spiro atoms. The molecule has 0 bridgehead atoms. The van der Waals surface area contributed by atoms with Crippen molar-refractivity contribution in [3.8, 4) is 6.07 Å². The normalized spacial score (nSPS) is 15.2. The molecule has 1 fully saturated rings. The number of halogens is 1. The zero-order chi connectivity index (χ0) is 28.3. The van der Waals surface area contributed by atoms with Crippen LogP contribution in [0.4, 0.5) is 10.5 Å². The number of sulfonamides is 1. The molecule has 0 aliphatic carbocycles. The van der Waals surface area contributed by atoms with E-state index in [4.69, 9.17) is 21.6 Å². The quantitative estimate of drug-likeness (QED) is 0.286. The van der Waals surface area contributed by atoms with Crippen LogP contribution in [0.3, 0.4) is 0 Å². The molecule has 4 aromatic rings. The first kappa shape index (κ1) is 27.6. The van der Waals surface area contributed by atoms with Crippen molar-refractivity contribution >= 4 is 61.4 Å². The Balaban J connectivity index is 1.24. The molecule has 1 aromatic heterocycles. The van der Waals surface area contributed by atoms with Crippen LogP contribution < -0.4 is 10.0 Å². The van der Waals surface area contributed by atoms with E-state index in [1.54, 1.807) is 29.2 Å². The number of thiophene rings is 1. The SMILES string of the molecule is N#Cc1cc(CN2CC[C@H](NS(=O)(=O)c3ccc4c(Cl)c(NC(=O)OCc5ccccc5)ccc4c3)C2=O)cs1. The van der Waals surface area contributed by atoms with E-state index in [2.05, 4.69) is 16.1 Å². The fourth-order valence-electron chi connectivity index (χ4n) is 4.40. The minimum Gasteiger partial charge on any atom is -0.444 e. The summed E-state index contributed by atoms with van der Waals surface area (Å²) in [7, 11) is -4.01. The number of ether oxygens (including phenoxy) is 1. The number of amides is 2. The highest BCUT2D eigenvalue weighted by Gasteiger charge is 2.35. The highest BCUT2D eigenvalue weighted by atomic mass is 35.5. The number of rotatable bonds is 8. The van der Waals surface area contributed by atoms with Crippen molar-refractivity contribution in [1.29, 1.82) is 5.26 Å². The topological polar surface area (TPSA) is 129 Å². The van der Waals surface area contributed by atoms with Crippen LogP contribution in [0.5, 0.6) is 0 Å². The number of benzene rings is 3. The average molecular weight is 595 g/mol. The van der Waals surface area contributed by atoms with Crippen molar-refractivity contribution in [2.75, 3.05) is 11.9 Å². The lowest BCUT2D eigenvalue weighted by molar-refractivity contribution is -0.129. The smallest absolute Gasteiger partial charge is 0.412 e. The molecule has 12 heteroatoms. The fraction of sp³-hybridized carbons (Fsp3) is 0.179. The zero-order valence-electron chi connectivity index (χ0n) is 21.0. The minimum atomic E-state index is -4.01. The van der Waals surface area contributed by atoms with Gasteiger partial charge in [0.25, 0.3) is 0 Å². The van der Waals surface area contributed by atoms with E-state index in [1.807, 2.05) is 35.7 Å². The molecule has 204 valence electrons.